The van der Waals surface area contributed by atoms with Crippen molar-refractivity contribution in [2.75, 3.05) is 29.9 Å². The summed E-state index contributed by atoms with van der Waals surface area (Å²) >= 11 is 0. The highest BCUT2D eigenvalue weighted by Gasteiger charge is 2.26. The summed E-state index contributed by atoms with van der Waals surface area (Å²) in [5.41, 5.74) is 2.40. The maximum Gasteiger partial charge on any atom is 0.151 e. The average Bonchev–Trinajstić information content (AvgIpc) is 2.68. The molecule has 1 unspecified atom stereocenters. The van der Waals surface area contributed by atoms with Gasteiger partial charge in [0.1, 0.15) is 5.82 Å². The van der Waals surface area contributed by atoms with Gasteiger partial charge < -0.3 is 9.80 Å². The molecule has 0 bridgehead atoms. The molecule has 2 aromatic heterocycles. The lowest BCUT2D eigenvalue weighted by molar-refractivity contribution is 0.481. The van der Waals surface area contributed by atoms with Gasteiger partial charge >= 0.3 is 0 Å². The van der Waals surface area contributed by atoms with E-state index in [0.29, 0.717) is 6.04 Å². The van der Waals surface area contributed by atoms with Crippen LogP contribution in [0.25, 0.3) is 0 Å². The number of aromatic nitrogens is 4. The standard InChI is InChI=1S/C18H24N6/c1-23(18-12-19-15-7-2-3-8-16(15)21-18)14-6-5-11-24(13-14)17-9-4-10-20-22-17/h4,9-10,12,14H,2-3,5-8,11,13H2,1H3. The molecule has 0 amide bonds. The molecule has 1 aliphatic carbocycles. The van der Waals surface area contributed by atoms with Crippen LogP contribution in [0.5, 0.6) is 0 Å². The summed E-state index contributed by atoms with van der Waals surface area (Å²) in [6.45, 7) is 1.99. The SMILES string of the molecule is CN(c1cnc2c(n1)CCCC2)C1CCCN(c2cccnn2)C1. The van der Waals surface area contributed by atoms with Crippen LogP contribution >= 0.6 is 0 Å². The lowest BCUT2D eigenvalue weighted by Gasteiger charge is -2.38. The number of rotatable bonds is 3. The molecule has 3 heterocycles. The summed E-state index contributed by atoms with van der Waals surface area (Å²) in [5, 5.41) is 8.26. The van der Waals surface area contributed by atoms with Crippen LogP contribution in [0, 0.1) is 0 Å². The van der Waals surface area contributed by atoms with Crippen molar-refractivity contribution in [1.82, 2.24) is 20.2 Å². The fourth-order valence-corrected chi connectivity index (χ4v) is 3.73. The molecule has 6 nitrogen and oxygen atoms in total. The van der Waals surface area contributed by atoms with Gasteiger partial charge in [-0.2, -0.15) is 5.10 Å². The summed E-state index contributed by atoms with van der Waals surface area (Å²) in [4.78, 5) is 14.2. The molecule has 2 aliphatic rings. The molecule has 126 valence electrons. The number of hydrogen-bond acceptors (Lipinski definition) is 6. The van der Waals surface area contributed by atoms with Gasteiger partial charge in [-0.1, -0.05) is 0 Å². The first kappa shape index (κ1) is 15.3. The molecule has 0 radical (unpaired) electrons. The van der Waals surface area contributed by atoms with Gasteiger partial charge in [0.2, 0.25) is 0 Å². The zero-order chi connectivity index (χ0) is 16.4. The maximum absolute atomic E-state index is 4.90. The Bertz CT molecular complexity index is 689. The van der Waals surface area contributed by atoms with Crippen LogP contribution in [-0.2, 0) is 12.8 Å². The van der Waals surface area contributed by atoms with Gasteiger partial charge in [-0.3, -0.25) is 4.98 Å². The van der Waals surface area contributed by atoms with Crippen molar-refractivity contribution in [1.29, 1.82) is 0 Å². The number of piperidine rings is 1. The Hall–Kier alpha value is -2.24. The first-order valence-corrected chi connectivity index (χ1v) is 8.91. The highest BCUT2D eigenvalue weighted by atomic mass is 15.3. The molecular weight excluding hydrogens is 300 g/mol. The van der Waals surface area contributed by atoms with Gasteiger partial charge in [0.05, 0.1) is 17.6 Å². The first-order chi connectivity index (χ1) is 11.8. The topological polar surface area (TPSA) is 58.0 Å². The lowest BCUT2D eigenvalue weighted by Crippen LogP contribution is -2.47. The van der Waals surface area contributed by atoms with E-state index in [1.165, 1.54) is 30.7 Å². The van der Waals surface area contributed by atoms with Crippen molar-refractivity contribution in [3.8, 4) is 0 Å². The van der Waals surface area contributed by atoms with Crippen molar-refractivity contribution in [3.63, 3.8) is 0 Å². The number of likely N-dealkylation sites (N-methyl/N-ethyl adjacent to an activating group) is 1. The summed E-state index contributed by atoms with van der Waals surface area (Å²) < 4.78 is 0. The summed E-state index contributed by atoms with van der Waals surface area (Å²) in [6, 6.07) is 4.41. The Morgan fingerprint density at radius 1 is 1.17 bits per heavy atom. The highest BCUT2D eigenvalue weighted by Crippen LogP contribution is 2.25. The van der Waals surface area contributed by atoms with Gasteiger partial charge in [-0.25, -0.2) is 4.98 Å². The molecule has 4 rings (SSSR count). The van der Waals surface area contributed by atoms with Crippen LogP contribution < -0.4 is 9.80 Å². The molecule has 0 saturated carbocycles. The summed E-state index contributed by atoms with van der Waals surface area (Å²) in [7, 11) is 2.14. The predicted octanol–water partition coefficient (Wildman–Crippen LogP) is 2.25. The molecule has 0 N–H and O–H groups in total. The lowest BCUT2D eigenvalue weighted by atomic mass is 10.0. The van der Waals surface area contributed by atoms with Gasteiger partial charge in [-0.05, 0) is 50.7 Å². The molecule has 1 aliphatic heterocycles. The minimum absolute atomic E-state index is 0.427. The Labute approximate surface area is 142 Å². The van der Waals surface area contributed by atoms with Crippen LogP contribution in [0.3, 0.4) is 0 Å². The van der Waals surface area contributed by atoms with Crippen molar-refractivity contribution in [2.24, 2.45) is 0 Å². The number of nitrogens with zero attached hydrogens (tertiary/aromatic N) is 6. The summed E-state index contributed by atoms with van der Waals surface area (Å²) in [6.07, 6.45) is 10.6. The molecule has 0 spiro atoms. The number of hydrogen-bond donors (Lipinski definition) is 0. The Morgan fingerprint density at radius 3 is 2.88 bits per heavy atom. The minimum Gasteiger partial charge on any atom is -0.354 e. The maximum atomic E-state index is 4.90. The molecule has 6 heteroatoms. The third kappa shape index (κ3) is 3.05. The molecule has 2 aromatic rings. The second kappa shape index (κ2) is 6.71. The third-order valence-electron chi connectivity index (χ3n) is 5.18. The normalized spacial score (nSPS) is 20.5. The number of fused-ring (bicyclic) bond motifs is 1. The number of anilines is 2. The van der Waals surface area contributed by atoms with Crippen LogP contribution in [0.1, 0.15) is 37.1 Å². The van der Waals surface area contributed by atoms with E-state index in [4.69, 9.17) is 4.98 Å². The van der Waals surface area contributed by atoms with Crippen molar-refractivity contribution in [2.45, 2.75) is 44.6 Å². The zero-order valence-corrected chi connectivity index (χ0v) is 14.2. The Morgan fingerprint density at radius 2 is 2.04 bits per heavy atom. The van der Waals surface area contributed by atoms with Crippen molar-refractivity contribution >= 4 is 11.6 Å². The predicted molar refractivity (Wildman–Crippen MR) is 94.3 cm³/mol. The van der Waals surface area contributed by atoms with Gasteiger partial charge in [0.15, 0.2) is 5.82 Å². The van der Waals surface area contributed by atoms with Gasteiger partial charge in [-0.15, -0.1) is 5.10 Å². The minimum atomic E-state index is 0.427. The van der Waals surface area contributed by atoms with E-state index < -0.39 is 0 Å². The van der Waals surface area contributed by atoms with E-state index in [2.05, 4.69) is 32.0 Å². The van der Waals surface area contributed by atoms with E-state index in [1.54, 1.807) is 6.20 Å². The van der Waals surface area contributed by atoms with E-state index >= 15 is 0 Å². The summed E-state index contributed by atoms with van der Waals surface area (Å²) in [5.74, 6) is 1.97. The van der Waals surface area contributed by atoms with Crippen LogP contribution in [-0.4, -0.2) is 46.3 Å². The fraction of sp³-hybridized carbons (Fsp3) is 0.556. The van der Waals surface area contributed by atoms with E-state index in [0.717, 1.165) is 44.0 Å². The fourth-order valence-electron chi connectivity index (χ4n) is 3.73. The second-order valence-corrected chi connectivity index (χ2v) is 6.76. The van der Waals surface area contributed by atoms with E-state index in [-0.39, 0.29) is 0 Å². The highest BCUT2D eigenvalue weighted by molar-refractivity contribution is 5.42. The van der Waals surface area contributed by atoms with Crippen LogP contribution in [0.2, 0.25) is 0 Å². The van der Waals surface area contributed by atoms with Crippen molar-refractivity contribution < 1.29 is 0 Å². The van der Waals surface area contributed by atoms with Crippen LogP contribution in [0.4, 0.5) is 11.6 Å². The van der Waals surface area contributed by atoms with Gasteiger partial charge in [0.25, 0.3) is 0 Å². The molecule has 24 heavy (non-hydrogen) atoms. The Balaban J connectivity index is 1.50. The van der Waals surface area contributed by atoms with E-state index in [9.17, 15) is 0 Å². The monoisotopic (exact) mass is 324 g/mol. The smallest absolute Gasteiger partial charge is 0.151 e. The molecule has 1 saturated heterocycles. The van der Waals surface area contributed by atoms with Gasteiger partial charge in [0, 0.05) is 32.4 Å². The quantitative estimate of drug-likeness (QED) is 0.863. The van der Waals surface area contributed by atoms with E-state index in [1.807, 2.05) is 18.3 Å². The van der Waals surface area contributed by atoms with Crippen molar-refractivity contribution in [3.05, 3.63) is 35.9 Å². The molecule has 1 atom stereocenters. The average molecular weight is 324 g/mol. The Kier molecular flexibility index (Phi) is 4.28. The largest absolute Gasteiger partial charge is 0.354 e. The van der Waals surface area contributed by atoms with Crippen LogP contribution in [0.15, 0.2) is 24.5 Å². The second-order valence-electron chi connectivity index (χ2n) is 6.76. The molecule has 0 aromatic carbocycles. The molecular formula is C18H24N6. The molecule has 1 fully saturated rings. The number of aryl methyl sites for hydroxylation is 2. The zero-order valence-electron chi connectivity index (χ0n) is 14.2. The first-order valence-electron chi connectivity index (χ1n) is 8.91. The third-order valence-corrected chi connectivity index (χ3v) is 5.18.